The number of rotatable bonds is 3. The van der Waals surface area contributed by atoms with Crippen molar-refractivity contribution in [1.29, 1.82) is 0 Å². The zero-order valence-corrected chi connectivity index (χ0v) is 12.2. The Morgan fingerprint density at radius 3 is 2.42 bits per heavy atom. The lowest BCUT2D eigenvalue weighted by Crippen LogP contribution is -2.19. The van der Waals surface area contributed by atoms with Crippen LogP contribution in [0.1, 0.15) is 28.7 Å². The maximum Gasteiger partial charge on any atom is 0.0952 e. The second-order valence-corrected chi connectivity index (χ2v) is 6.08. The summed E-state index contributed by atoms with van der Waals surface area (Å²) >= 11 is 12.9. The Morgan fingerprint density at radius 1 is 0.947 bits per heavy atom. The van der Waals surface area contributed by atoms with Gasteiger partial charge in [-0.2, -0.15) is 0 Å². The molecule has 19 heavy (non-hydrogen) atoms. The van der Waals surface area contributed by atoms with E-state index in [0.29, 0.717) is 5.88 Å². The van der Waals surface area contributed by atoms with E-state index in [1.807, 2.05) is 0 Å². The van der Waals surface area contributed by atoms with Gasteiger partial charge in [0.1, 0.15) is 0 Å². The molecule has 0 bridgehead atoms. The molecular weight excluding hydrogens is 275 g/mol. The first-order chi connectivity index (χ1) is 9.25. The van der Waals surface area contributed by atoms with Crippen molar-refractivity contribution in [3.8, 4) is 0 Å². The smallest absolute Gasteiger partial charge is 0.0952 e. The van der Waals surface area contributed by atoms with Gasteiger partial charge in [0.15, 0.2) is 0 Å². The van der Waals surface area contributed by atoms with Crippen molar-refractivity contribution in [2.75, 3.05) is 5.88 Å². The van der Waals surface area contributed by atoms with E-state index in [0.717, 1.165) is 19.3 Å². The summed E-state index contributed by atoms with van der Waals surface area (Å²) < 4.78 is 0. The molecule has 0 saturated heterocycles. The Hall–Kier alpha value is -0.980. The van der Waals surface area contributed by atoms with E-state index in [-0.39, 0.29) is 4.87 Å². The van der Waals surface area contributed by atoms with Crippen LogP contribution in [0, 0.1) is 0 Å². The molecule has 1 atom stereocenters. The molecule has 0 aliphatic heterocycles. The Balaban J connectivity index is 2.12. The van der Waals surface area contributed by atoms with Crippen LogP contribution in [0.3, 0.4) is 0 Å². The van der Waals surface area contributed by atoms with Gasteiger partial charge in [-0.3, -0.25) is 0 Å². The average Bonchev–Trinajstić information content (AvgIpc) is 2.79. The van der Waals surface area contributed by atoms with Crippen molar-refractivity contribution < 1.29 is 0 Å². The third kappa shape index (κ3) is 2.17. The Kier molecular flexibility index (Phi) is 3.56. The average molecular weight is 291 g/mol. The largest absolute Gasteiger partial charge is 0.126 e. The maximum atomic E-state index is 7.02. The van der Waals surface area contributed by atoms with Gasteiger partial charge in [0.2, 0.25) is 0 Å². The molecule has 2 heteroatoms. The van der Waals surface area contributed by atoms with Gasteiger partial charge in [-0.15, -0.1) is 23.2 Å². The summed E-state index contributed by atoms with van der Waals surface area (Å²) in [4.78, 5) is -0.376. The first-order valence-electron chi connectivity index (χ1n) is 6.67. The molecule has 3 rings (SSSR count). The topological polar surface area (TPSA) is 0 Å². The van der Waals surface area contributed by atoms with Gasteiger partial charge in [-0.1, -0.05) is 48.5 Å². The quantitative estimate of drug-likeness (QED) is 0.706. The van der Waals surface area contributed by atoms with Gasteiger partial charge >= 0.3 is 0 Å². The van der Waals surface area contributed by atoms with Gasteiger partial charge < -0.3 is 0 Å². The maximum absolute atomic E-state index is 7.02. The van der Waals surface area contributed by atoms with Gasteiger partial charge in [0, 0.05) is 5.88 Å². The number of fused-ring (bicyclic) bond motifs is 1. The summed E-state index contributed by atoms with van der Waals surface area (Å²) in [5, 5.41) is 0. The van der Waals surface area contributed by atoms with Gasteiger partial charge in [-0.05, 0) is 41.5 Å². The Bertz CT molecular complexity index is 591. The van der Waals surface area contributed by atoms with E-state index >= 15 is 0 Å². The van der Waals surface area contributed by atoms with E-state index in [1.165, 1.54) is 22.3 Å². The molecule has 0 fully saturated rings. The first-order valence-corrected chi connectivity index (χ1v) is 7.58. The number of aryl methyl sites for hydroxylation is 2. The molecule has 0 heterocycles. The van der Waals surface area contributed by atoms with Crippen molar-refractivity contribution in [3.63, 3.8) is 0 Å². The van der Waals surface area contributed by atoms with E-state index < -0.39 is 0 Å². The summed E-state index contributed by atoms with van der Waals surface area (Å²) in [7, 11) is 0. The highest BCUT2D eigenvalue weighted by atomic mass is 35.5. The minimum atomic E-state index is -0.376. The van der Waals surface area contributed by atoms with Crippen molar-refractivity contribution in [3.05, 3.63) is 70.8 Å². The molecular formula is C17H16Cl2. The first kappa shape index (κ1) is 13.0. The number of alkyl halides is 2. The van der Waals surface area contributed by atoms with E-state index in [4.69, 9.17) is 23.2 Å². The summed E-state index contributed by atoms with van der Waals surface area (Å²) in [6, 6.07) is 16.9. The number of halogens is 2. The molecule has 0 spiro atoms. The molecule has 0 N–H and O–H groups in total. The summed E-state index contributed by atoms with van der Waals surface area (Å²) in [5.41, 5.74) is 5.13. The number of hydrogen-bond donors (Lipinski definition) is 0. The zero-order chi connectivity index (χ0) is 13.3. The molecule has 0 amide bonds. The molecule has 0 nitrogen and oxygen atoms in total. The monoisotopic (exact) mass is 290 g/mol. The number of hydrogen-bond acceptors (Lipinski definition) is 0. The van der Waals surface area contributed by atoms with Gasteiger partial charge in [-0.25, -0.2) is 0 Å². The fraction of sp³-hybridized carbons (Fsp3) is 0.294. The predicted molar refractivity (Wildman–Crippen MR) is 82.3 cm³/mol. The van der Waals surface area contributed by atoms with Gasteiger partial charge in [0.25, 0.3) is 0 Å². The van der Waals surface area contributed by atoms with Crippen LogP contribution in [0.25, 0.3) is 0 Å². The zero-order valence-electron chi connectivity index (χ0n) is 10.7. The normalized spacial score (nSPS) is 21.4. The van der Waals surface area contributed by atoms with Crippen LogP contribution in [0.5, 0.6) is 0 Å². The van der Waals surface area contributed by atoms with Crippen LogP contribution in [0.15, 0.2) is 48.5 Å². The summed E-state index contributed by atoms with van der Waals surface area (Å²) in [6.07, 6.45) is 2.89. The highest BCUT2D eigenvalue weighted by Gasteiger charge is 2.39. The molecule has 1 aliphatic carbocycles. The van der Waals surface area contributed by atoms with Crippen molar-refractivity contribution in [2.24, 2.45) is 0 Å². The lowest BCUT2D eigenvalue weighted by Gasteiger charge is -2.26. The number of benzene rings is 2. The molecule has 98 valence electrons. The minimum absolute atomic E-state index is 0.376. The van der Waals surface area contributed by atoms with Crippen LogP contribution in [0.4, 0.5) is 0 Å². The SMILES string of the molecule is ClCCc1ccccc1C1(Cl)CCc2ccccc21. The molecule has 0 aromatic heterocycles. The molecule has 2 aromatic carbocycles. The van der Waals surface area contributed by atoms with Crippen LogP contribution in [0.2, 0.25) is 0 Å². The second-order valence-electron chi connectivity index (χ2n) is 5.05. The second kappa shape index (κ2) is 5.19. The summed E-state index contributed by atoms with van der Waals surface area (Å²) in [5.74, 6) is 0.631. The van der Waals surface area contributed by atoms with Crippen LogP contribution < -0.4 is 0 Å². The molecule has 1 aliphatic rings. The van der Waals surface area contributed by atoms with Crippen LogP contribution in [-0.2, 0) is 17.7 Å². The fourth-order valence-electron chi connectivity index (χ4n) is 3.07. The van der Waals surface area contributed by atoms with Gasteiger partial charge in [0.05, 0.1) is 4.87 Å². The standard InChI is InChI=1S/C17H16Cl2/c18-12-10-14-6-2-4-8-16(14)17(19)11-9-13-5-1-3-7-15(13)17/h1-8H,9-12H2. The van der Waals surface area contributed by atoms with Crippen molar-refractivity contribution in [2.45, 2.75) is 24.1 Å². The lowest BCUT2D eigenvalue weighted by molar-refractivity contribution is 0.702. The highest BCUT2D eigenvalue weighted by Crippen LogP contribution is 2.48. The molecule has 2 aromatic rings. The lowest BCUT2D eigenvalue weighted by atomic mass is 9.87. The van der Waals surface area contributed by atoms with Crippen LogP contribution >= 0.6 is 23.2 Å². The molecule has 0 radical (unpaired) electrons. The fourth-order valence-corrected chi connectivity index (χ4v) is 3.74. The molecule has 1 unspecified atom stereocenters. The van der Waals surface area contributed by atoms with E-state index in [2.05, 4.69) is 48.5 Å². The van der Waals surface area contributed by atoms with Crippen molar-refractivity contribution in [1.82, 2.24) is 0 Å². The van der Waals surface area contributed by atoms with Crippen molar-refractivity contribution >= 4 is 23.2 Å². The Labute approximate surface area is 124 Å². The van der Waals surface area contributed by atoms with Crippen LogP contribution in [-0.4, -0.2) is 5.88 Å². The Morgan fingerprint density at radius 2 is 1.63 bits per heavy atom. The van der Waals surface area contributed by atoms with E-state index in [1.54, 1.807) is 0 Å². The highest BCUT2D eigenvalue weighted by molar-refractivity contribution is 6.26. The van der Waals surface area contributed by atoms with E-state index in [9.17, 15) is 0 Å². The third-order valence-corrected chi connectivity index (χ3v) is 4.78. The minimum Gasteiger partial charge on any atom is -0.126 e. The molecule has 0 saturated carbocycles. The summed E-state index contributed by atoms with van der Waals surface area (Å²) in [6.45, 7) is 0. The predicted octanol–water partition coefficient (Wildman–Crippen LogP) is 4.90. The third-order valence-electron chi connectivity index (χ3n) is 3.99.